The van der Waals surface area contributed by atoms with E-state index in [0.717, 1.165) is 11.8 Å². The van der Waals surface area contributed by atoms with Gasteiger partial charge in [0, 0.05) is 16.8 Å². The third-order valence-electron chi connectivity index (χ3n) is 2.21. The summed E-state index contributed by atoms with van der Waals surface area (Å²) >= 11 is 11.7. The molecule has 1 heterocycles. The average Bonchev–Trinajstić information content (AvgIpc) is 2.30. The molecule has 0 aliphatic carbocycles. The fourth-order valence-corrected chi connectivity index (χ4v) is 2.31. The van der Waals surface area contributed by atoms with Crippen molar-refractivity contribution in [1.82, 2.24) is 4.98 Å². The zero-order chi connectivity index (χ0) is 14.0. The zero-order valence-corrected chi connectivity index (χ0v) is 12.1. The van der Waals surface area contributed by atoms with E-state index >= 15 is 0 Å². The quantitative estimate of drug-likeness (QED) is 0.643. The summed E-state index contributed by atoms with van der Waals surface area (Å²) in [6.45, 7) is 0. The van der Waals surface area contributed by atoms with Crippen molar-refractivity contribution in [2.45, 2.75) is 0 Å². The molecule has 1 aromatic carbocycles. The van der Waals surface area contributed by atoms with Gasteiger partial charge in [-0.2, -0.15) is 8.42 Å². The molecule has 0 bridgehead atoms. The molecule has 0 aliphatic rings. The molecule has 0 atom stereocenters. The van der Waals surface area contributed by atoms with Gasteiger partial charge in [0.25, 0.3) is 0 Å². The lowest BCUT2D eigenvalue weighted by Crippen LogP contribution is -2.06. The largest absolute Gasteiger partial charge is 0.379 e. The van der Waals surface area contributed by atoms with Crippen molar-refractivity contribution in [3.63, 3.8) is 0 Å². The van der Waals surface area contributed by atoms with Crippen LogP contribution in [0.25, 0.3) is 11.1 Å². The number of hydrogen-bond donors (Lipinski definition) is 0. The van der Waals surface area contributed by atoms with E-state index in [1.54, 1.807) is 18.2 Å². The molecule has 19 heavy (non-hydrogen) atoms. The Hall–Kier alpha value is -1.30. The lowest BCUT2D eigenvalue weighted by atomic mass is 10.1. The van der Waals surface area contributed by atoms with Crippen LogP contribution in [-0.4, -0.2) is 19.7 Å². The minimum atomic E-state index is -3.66. The minimum Gasteiger partial charge on any atom is -0.379 e. The lowest BCUT2D eigenvalue weighted by molar-refractivity contribution is 0.492. The fraction of sp³-hybridized carbons (Fsp3) is 0.0833. The fourth-order valence-electron chi connectivity index (χ4n) is 1.48. The highest BCUT2D eigenvalue weighted by Crippen LogP contribution is 2.30. The predicted octanol–water partition coefficient (Wildman–Crippen LogP) is 3.39. The summed E-state index contributed by atoms with van der Waals surface area (Å²) < 4.78 is 27.0. The van der Waals surface area contributed by atoms with Crippen molar-refractivity contribution in [2.24, 2.45) is 0 Å². The highest BCUT2D eigenvalue weighted by atomic mass is 35.5. The summed E-state index contributed by atoms with van der Waals surface area (Å²) in [6, 6.07) is 8.57. The first-order valence-corrected chi connectivity index (χ1v) is 7.73. The molecule has 2 rings (SSSR count). The van der Waals surface area contributed by atoms with Crippen LogP contribution in [0.4, 0.5) is 0 Å². The third kappa shape index (κ3) is 3.83. The van der Waals surface area contributed by atoms with E-state index in [4.69, 9.17) is 27.4 Å². The van der Waals surface area contributed by atoms with Crippen molar-refractivity contribution in [3.05, 3.63) is 46.7 Å². The number of rotatable bonds is 3. The third-order valence-corrected chi connectivity index (χ3v) is 3.21. The Morgan fingerprint density at radius 2 is 1.89 bits per heavy atom. The van der Waals surface area contributed by atoms with E-state index in [-0.39, 0.29) is 10.9 Å². The standard InChI is InChI=1S/C12H9Cl2NO3S/c1-19(16,17)18-11-6-9(7-15-12(11)14)8-3-2-4-10(13)5-8/h2-7H,1H3. The summed E-state index contributed by atoms with van der Waals surface area (Å²) in [5.74, 6) is -0.0124. The Bertz CT molecular complexity index is 717. The molecule has 0 saturated heterocycles. The van der Waals surface area contributed by atoms with Gasteiger partial charge in [-0.05, 0) is 23.8 Å². The number of aromatic nitrogens is 1. The SMILES string of the molecule is CS(=O)(=O)Oc1cc(-c2cccc(Cl)c2)cnc1Cl. The van der Waals surface area contributed by atoms with Crippen LogP contribution in [0.1, 0.15) is 0 Å². The number of hydrogen-bond acceptors (Lipinski definition) is 4. The molecular weight excluding hydrogens is 309 g/mol. The maximum absolute atomic E-state index is 11.1. The molecule has 0 aliphatic heterocycles. The van der Waals surface area contributed by atoms with Crippen molar-refractivity contribution in [2.75, 3.05) is 6.26 Å². The van der Waals surface area contributed by atoms with E-state index in [1.807, 2.05) is 6.07 Å². The molecule has 4 nitrogen and oxygen atoms in total. The highest BCUT2D eigenvalue weighted by molar-refractivity contribution is 7.86. The van der Waals surface area contributed by atoms with Crippen LogP contribution in [0, 0.1) is 0 Å². The topological polar surface area (TPSA) is 56.3 Å². The smallest absolute Gasteiger partial charge is 0.306 e. The Kier molecular flexibility index (Phi) is 3.99. The first kappa shape index (κ1) is 14.1. The molecule has 100 valence electrons. The zero-order valence-electron chi connectivity index (χ0n) is 9.80. The second-order valence-electron chi connectivity index (χ2n) is 3.81. The Morgan fingerprint density at radius 1 is 1.16 bits per heavy atom. The van der Waals surface area contributed by atoms with Crippen LogP contribution in [0.3, 0.4) is 0 Å². The van der Waals surface area contributed by atoms with Gasteiger partial charge in [0.2, 0.25) is 0 Å². The van der Waals surface area contributed by atoms with E-state index in [1.165, 1.54) is 12.3 Å². The number of benzene rings is 1. The van der Waals surface area contributed by atoms with Gasteiger partial charge in [0.05, 0.1) is 6.26 Å². The Balaban J connectivity index is 2.47. The number of pyridine rings is 1. The van der Waals surface area contributed by atoms with E-state index in [2.05, 4.69) is 4.98 Å². The van der Waals surface area contributed by atoms with Crippen LogP contribution >= 0.6 is 23.2 Å². The lowest BCUT2D eigenvalue weighted by Gasteiger charge is -2.07. The molecule has 7 heteroatoms. The average molecular weight is 318 g/mol. The summed E-state index contributed by atoms with van der Waals surface area (Å²) in [4.78, 5) is 3.90. The first-order valence-electron chi connectivity index (χ1n) is 5.16. The van der Waals surface area contributed by atoms with E-state index in [9.17, 15) is 8.42 Å². The van der Waals surface area contributed by atoms with Crippen LogP contribution in [-0.2, 0) is 10.1 Å². The molecule has 0 spiro atoms. The molecular formula is C12H9Cl2NO3S. The van der Waals surface area contributed by atoms with Crippen LogP contribution in [0.5, 0.6) is 5.75 Å². The molecule has 0 amide bonds. The van der Waals surface area contributed by atoms with Gasteiger partial charge < -0.3 is 4.18 Å². The van der Waals surface area contributed by atoms with Gasteiger partial charge in [-0.25, -0.2) is 4.98 Å². The molecule has 1 aromatic heterocycles. The molecule has 2 aromatic rings. The van der Waals surface area contributed by atoms with Crippen LogP contribution in [0.15, 0.2) is 36.5 Å². The summed E-state index contributed by atoms with van der Waals surface area (Å²) in [5, 5.41) is 0.550. The Labute approximate surface area is 121 Å². The maximum atomic E-state index is 11.1. The molecule has 0 fully saturated rings. The second-order valence-corrected chi connectivity index (χ2v) is 6.18. The van der Waals surface area contributed by atoms with Crippen molar-refractivity contribution < 1.29 is 12.6 Å². The molecule has 0 radical (unpaired) electrons. The van der Waals surface area contributed by atoms with Gasteiger partial charge in [-0.15, -0.1) is 0 Å². The molecule has 0 saturated carbocycles. The van der Waals surface area contributed by atoms with Gasteiger partial charge in [-0.3, -0.25) is 0 Å². The first-order chi connectivity index (χ1) is 8.85. The maximum Gasteiger partial charge on any atom is 0.306 e. The van der Waals surface area contributed by atoms with Gasteiger partial charge >= 0.3 is 10.1 Å². The highest BCUT2D eigenvalue weighted by Gasteiger charge is 2.11. The van der Waals surface area contributed by atoms with Gasteiger partial charge in [-0.1, -0.05) is 35.3 Å². The number of halogens is 2. The summed E-state index contributed by atoms with van der Waals surface area (Å²) in [7, 11) is -3.66. The van der Waals surface area contributed by atoms with Crippen molar-refractivity contribution in [1.29, 1.82) is 0 Å². The van der Waals surface area contributed by atoms with Gasteiger partial charge in [0.1, 0.15) is 0 Å². The summed E-state index contributed by atoms with van der Waals surface area (Å²) in [5.41, 5.74) is 1.44. The molecule has 0 unspecified atom stereocenters. The minimum absolute atomic E-state index is 0.0124. The van der Waals surface area contributed by atoms with Gasteiger partial charge in [0.15, 0.2) is 10.9 Å². The van der Waals surface area contributed by atoms with Crippen LogP contribution < -0.4 is 4.18 Å². The Morgan fingerprint density at radius 3 is 2.53 bits per heavy atom. The molecule has 0 N–H and O–H groups in total. The monoisotopic (exact) mass is 317 g/mol. The predicted molar refractivity (Wildman–Crippen MR) is 75.2 cm³/mol. The van der Waals surface area contributed by atoms with E-state index < -0.39 is 10.1 Å². The van der Waals surface area contributed by atoms with Crippen molar-refractivity contribution in [3.8, 4) is 16.9 Å². The number of nitrogens with zero attached hydrogens (tertiary/aromatic N) is 1. The van der Waals surface area contributed by atoms with Crippen molar-refractivity contribution >= 4 is 33.3 Å². The normalized spacial score (nSPS) is 11.3. The van der Waals surface area contributed by atoms with E-state index in [0.29, 0.717) is 10.6 Å². The summed E-state index contributed by atoms with van der Waals surface area (Å²) in [6.07, 6.45) is 2.46. The second kappa shape index (κ2) is 5.36. The van der Waals surface area contributed by atoms with Crippen LogP contribution in [0.2, 0.25) is 10.2 Å².